The second-order valence-electron chi connectivity index (χ2n) is 7.44. The molecule has 30 heavy (non-hydrogen) atoms. The van der Waals surface area contributed by atoms with E-state index in [9.17, 15) is 9.59 Å². The summed E-state index contributed by atoms with van der Waals surface area (Å²) in [5, 5.41) is 5.95. The van der Waals surface area contributed by atoms with E-state index in [-0.39, 0.29) is 24.5 Å². The normalized spacial score (nSPS) is 14.8. The molecule has 8 heteroatoms. The Morgan fingerprint density at radius 3 is 2.53 bits per heavy atom. The van der Waals surface area contributed by atoms with E-state index < -0.39 is 0 Å². The van der Waals surface area contributed by atoms with Crippen LogP contribution < -0.4 is 0 Å². The third kappa shape index (κ3) is 5.01. The van der Waals surface area contributed by atoms with Gasteiger partial charge in [0.15, 0.2) is 5.78 Å². The van der Waals surface area contributed by atoms with Crippen LogP contribution in [0.4, 0.5) is 0 Å². The standard InChI is InChI=1S/C22H24N4O3S/c1-16-4-6-17(7-5-16)22-23-20(29-24-22)15-25-10-12-26(13-11-25)21(28)9-8-18(27)19-3-2-14-30-19/h2-7,14H,8-13,15H2,1H3. The van der Waals surface area contributed by atoms with Crippen LogP contribution in [0.1, 0.15) is 34.0 Å². The highest BCUT2D eigenvalue weighted by Crippen LogP contribution is 2.18. The van der Waals surface area contributed by atoms with E-state index >= 15 is 0 Å². The van der Waals surface area contributed by atoms with Crippen molar-refractivity contribution in [1.29, 1.82) is 0 Å². The number of benzene rings is 1. The van der Waals surface area contributed by atoms with E-state index in [0.29, 0.717) is 31.3 Å². The molecule has 1 fully saturated rings. The van der Waals surface area contributed by atoms with Crippen LogP contribution in [-0.4, -0.2) is 57.8 Å². The first-order chi connectivity index (χ1) is 14.6. The van der Waals surface area contributed by atoms with Gasteiger partial charge in [-0.3, -0.25) is 14.5 Å². The first-order valence-electron chi connectivity index (χ1n) is 10.0. The molecule has 0 atom stereocenters. The molecule has 0 unspecified atom stereocenters. The molecule has 0 bridgehead atoms. The van der Waals surface area contributed by atoms with Gasteiger partial charge in [-0.15, -0.1) is 11.3 Å². The summed E-state index contributed by atoms with van der Waals surface area (Å²) in [6.07, 6.45) is 0.531. The Bertz CT molecular complexity index is 990. The SMILES string of the molecule is Cc1ccc(-c2noc(CN3CCN(C(=O)CCC(=O)c4cccs4)CC3)n2)cc1. The number of carbonyl (C=O) groups excluding carboxylic acids is 2. The van der Waals surface area contributed by atoms with Crippen LogP contribution in [-0.2, 0) is 11.3 Å². The zero-order chi connectivity index (χ0) is 20.9. The van der Waals surface area contributed by atoms with Gasteiger partial charge < -0.3 is 9.42 Å². The molecule has 0 aliphatic carbocycles. The molecule has 156 valence electrons. The van der Waals surface area contributed by atoms with Crippen molar-refractivity contribution in [1.82, 2.24) is 19.9 Å². The van der Waals surface area contributed by atoms with Crippen molar-refractivity contribution in [2.75, 3.05) is 26.2 Å². The quantitative estimate of drug-likeness (QED) is 0.541. The van der Waals surface area contributed by atoms with Gasteiger partial charge in [0, 0.05) is 44.6 Å². The molecular formula is C22H24N4O3S. The van der Waals surface area contributed by atoms with Gasteiger partial charge in [0.2, 0.25) is 17.6 Å². The lowest BCUT2D eigenvalue weighted by molar-refractivity contribution is -0.133. The minimum atomic E-state index is 0.0396. The van der Waals surface area contributed by atoms with E-state index in [0.717, 1.165) is 23.5 Å². The summed E-state index contributed by atoms with van der Waals surface area (Å²) in [6, 6.07) is 11.7. The Labute approximate surface area is 179 Å². The molecule has 1 amide bonds. The van der Waals surface area contributed by atoms with Crippen molar-refractivity contribution in [2.45, 2.75) is 26.3 Å². The summed E-state index contributed by atoms with van der Waals surface area (Å²) in [4.78, 5) is 33.8. The third-order valence-electron chi connectivity index (χ3n) is 5.22. The van der Waals surface area contributed by atoms with Crippen molar-refractivity contribution in [3.8, 4) is 11.4 Å². The Hall–Kier alpha value is -2.84. The van der Waals surface area contributed by atoms with Gasteiger partial charge in [-0.25, -0.2) is 0 Å². The molecule has 0 N–H and O–H groups in total. The van der Waals surface area contributed by atoms with Gasteiger partial charge in [0.1, 0.15) is 0 Å². The van der Waals surface area contributed by atoms with Crippen molar-refractivity contribution in [3.05, 3.63) is 58.1 Å². The van der Waals surface area contributed by atoms with Crippen LogP contribution in [0.15, 0.2) is 46.3 Å². The second kappa shape index (κ2) is 9.32. The fourth-order valence-corrected chi connectivity index (χ4v) is 4.12. The average Bonchev–Trinajstić information content (AvgIpc) is 3.45. The van der Waals surface area contributed by atoms with Gasteiger partial charge in [-0.1, -0.05) is 41.1 Å². The fraction of sp³-hybridized carbons (Fsp3) is 0.364. The number of hydrogen-bond donors (Lipinski definition) is 0. The number of amides is 1. The zero-order valence-electron chi connectivity index (χ0n) is 16.9. The smallest absolute Gasteiger partial charge is 0.241 e. The minimum absolute atomic E-state index is 0.0396. The number of carbonyl (C=O) groups is 2. The Kier molecular flexibility index (Phi) is 6.35. The second-order valence-corrected chi connectivity index (χ2v) is 8.38. The maximum Gasteiger partial charge on any atom is 0.241 e. The summed E-state index contributed by atoms with van der Waals surface area (Å²) in [5.74, 6) is 1.25. The lowest BCUT2D eigenvalue weighted by atomic mass is 10.1. The Morgan fingerprint density at radius 1 is 1.07 bits per heavy atom. The van der Waals surface area contributed by atoms with Crippen molar-refractivity contribution in [2.24, 2.45) is 0 Å². The van der Waals surface area contributed by atoms with Crippen LogP contribution in [0.3, 0.4) is 0 Å². The van der Waals surface area contributed by atoms with Gasteiger partial charge >= 0.3 is 0 Å². The van der Waals surface area contributed by atoms with E-state index in [4.69, 9.17) is 4.52 Å². The van der Waals surface area contributed by atoms with Crippen LogP contribution in [0.25, 0.3) is 11.4 Å². The molecule has 4 rings (SSSR count). The molecule has 3 aromatic rings. The highest BCUT2D eigenvalue weighted by molar-refractivity contribution is 7.12. The van der Waals surface area contributed by atoms with E-state index in [2.05, 4.69) is 15.0 Å². The number of aromatic nitrogens is 2. The maximum atomic E-state index is 12.4. The molecule has 2 aromatic heterocycles. The number of aryl methyl sites for hydroxylation is 1. The molecule has 1 aliphatic heterocycles. The van der Waals surface area contributed by atoms with Crippen LogP contribution in [0, 0.1) is 6.92 Å². The maximum absolute atomic E-state index is 12.4. The number of rotatable bonds is 7. The molecule has 1 saturated heterocycles. The summed E-state index contributed by atoms with van der Waals surface area (Å²) in [5.41, 5.74) is 2.12. The van der Waals surface area contributed by atoms with Gasteiger partial charge in [0.25, 0.3) is 0 Å². The highest BCUT2D eigenvalue weighted by Gasteiger charge is 2.23. The summed E-state index contributed by atoms with van der Waals surface area (Å²) in [7, 11) is 0. The van der Waals surface area contributed by atoms with Crippen LogP contribution in [0.2, 0.25) is 0 Å². The highest BCUT2D eigenvalue weighted by atomic mass is 32.1. The number of hydrogen-bond acceptors (Lipinski definition) is 7. The molecule has 0 radical (unpaired) electrons. The van der Waals surface area contributed by atoms with Crippen molar-refractivity contribution < 1.29 is 14.1 Å². The van der Waals surface area contributed by atoms with Crippen LogP contribution >= 0.6 is 11.3 Å². The summed E-state index contributed by atoms with van der Waals surface area (Å²) in [6.45, 7) is 5.38. The number of thiophene rings is 1. The first-order valence-corrected chi connectivity index (χ1v) is 10.9. The van der Waals surface area contributed by atoms with Gasteiger partial charge in [-0.05, 0) is 18.4 Å². The van der Waals surface area contributed by atoms with E-state index in [1.54, 1.807) is 6.07 Å². The largest absolute Gasteiger partial charge is 0.340 e. The molecule has 0 saturated carbocycles. The lowest BCUT2D eigenvalue weighted by Crippen LogP contribution is -2.48. The topological polar surface area (TPSA) is 79.5 Å². The fourth-order valence-electron chi connectivity index (χ4n) is 3.42. The molecule has 1 aliphatic rings. The molecule has 1 aromatic carbocycles. The summed E-state index contributed by atoms with van der Waals surface area (Å²) >= 11 is 1.42. The van der Waals surface area contributed by atoms with Gasteiger partial charge in [0.05, 0.1) is 11.4 Å². The molecule has 3 heterocycles. The molecular weight excluding hydrogens is 400 g/mol. The number of nitrogens with zero attached hydrogens (tertiary/aromatic N) is 4. The predicted octanol–water partition coefficient (Wildman–Crippen LogP) is 3.41. The number of Topliss-reactive ketones (excluding diaryl/α,β-unsaturated/α-hetero) is 1. The predicted molar refractivity (Wildman–Crippen MR) is 114 cm³/mol. The number of ketones is 1. The summed E-state index contributed by atoms with van der Waals surface area (Å²) < 4.78 is 5.41. The third-order valence-corrected chi connectivity index (χ3v) is 6.13. The molecule has 7 nitrogen and oxygen atoms in total. The van der Waals surface area contributed by atoms with Gasteiger partial charge in [-0.2, -0.15) is 4.98 Å². The van der Waals surface area contributed by atoms with Crippen molar-refractivity contribution >= 4 is 23.0 Å². The van der Waals surface area contributed by atoms with E-state index in [1.807, 2.05) is 47.5 Å². The molecule has 0 spiro atoms. The van der Waals surface area contributed by atoms with Crippen LogP contribution in [0.5, 0.6) is 0 Å². The van der Waals surface area contributed by atoms with E-state index in [1.165, 1.54) is 16.9 Å². The van der Waals surface area contributed by atoms with Crippen molar-refractivity contribution in [3.63, 3.8) is 0 Å². The number of piperazine rings is 1. The Morgan fingerprint density at radius 2 is 1.83 bits per heavy atom. The minimum Gasteiger partial charge on any atom is -0.340 e. The first kappa shape index (κ1) is 20.4. The average molecular weight is 425 g/mol. The Balaban J connectivity index is 1.23. The lowest BCUT2D eigenvalue weighted by Gasteiger charge is -2.34. The zero-order valence-corrected chi connectivity index (χ0v) is 17.7. The monoisotopic (exact) mass is 424 g/mol.